The zero-order valence-corrected chi connectivity index (χ0v) is 9.99. The third kappa shape index (κ3) is 2.05. The van der Waals surface area contributed by atoms with Gasteiger partial charge in [-0.25, -0.2) is 4.68 Å². The number of hydrogen-bond acceptors (Lipinski definition) is 3. The van der Waals surface area contributed by atoms with E-state index in [0.29, 0.717) is 4.99 Å². The summed E-state index contributed by atoms with van der Waals surface area (Å²) in [7, 11) is 0. The van der Waals surface area contributed by atoms with E-state index in [2.05, 4.69) is 26.0 Å². The van der Waals surface area contributed by atoms with Crippen molar-refractivity contribution in [1.82, 2.24) is 14.8 Å². The topological polar surface area (TPSA) is 56.7 Å². The Bertz CT molecular complexity index is 508. The number of nitrogens with zero attached hydrogens (tertiary/aromatic N) is 3. The highest BCUT2D eigenvalue weighted by Crippen LogP contribution is 2.15. The van der Waals surface area contributed by atoms with Gasteiger partial charge in [0.2, 0.25) is 0 Å². The maximum atomic E-state index is 5.61. The molecule has 0 saturated carbocycles. The van der Waals surface area contributed by atoms with Crippen LogP contribution in [0.15, 0.2) is 35.3 Å². The molecule has 0 unspecified atom stereocenters. The van der Waals surface area contributed by atoms with Gasteiger partial charge in [0, 0.05) is 18.0 Å². The highest BCUT2D eigenvalue weighted by molar-refractivity contribution is 9.10. The van der Waals surface area contributed by atoms with Gasteiger partial charge in [-0.2, -0.15) is 5.10 Å². The lowest BCUT2D eigenvalue weighted by Crippen LogP contribution is -2.13. The largest absolute Gasteiger partial charge is 0.389 e. The van der Waals surface area contributed by atoms with E-state index < -0.39 is 0 Å². The molecule has 4 nitrogen and oxygen atoms in total. The van der Waals surface area contributed by atoms with Gasteiger partial charge >= 0.3 is 0 Å². The second kappa shape index (κ2) is 4.08. The summed E-state index contributed by atoms with van der Waals surface area (Å²) in [5, 5.41) is 4.14. The van der Waals surface area contributed by atoms with Crippen LogP contribution in [0, 0.1) is 0 Å². The summed E-state index contributed by atoms with van der Waals surface area (Å²) >= 11 is 8.28. The van der Waals surface area contributed by atoms with Crippen molar-refractivity contribution in [3.8, 4) is 5.69 Å². The van der Waals surface area contributed by atoms with Gasteiger partial charge in [0.1, 0.15) is 4.99 Å². The predicted molar refractivity (Wildman–Crippen MR) is 64.9 cm³/mol. The van der Waals surface area contributed by atoms with Crippen LogP contribution in [0.2, 0.25) is 0 Å². The van der Waals surface area contributed by atoms with Gasteiger partial charge in [0.25, 0.3) is 0 Å². The Hall–Kier alpha value is -1.27. The van der Waals surface area contributed by atoms with Crippen LogP contribution in [0.3, 0.4) is 0 Å². The number of halogens is 1. The van der Waals surface area contributed by atoms with E-state index in [9.17, 15) is 0 Å². The first-order chi connectivity index (χ1) is 7.18. The Morgan fingerprint density at radius 2 is 2.27 bits per heavy atom. The molecule has 2 rings (SSSR count). The third-order valence-electron chi connectivity index (χ3n) is 1.86. The quantitative estimate of drug-likeness (QED) is 0.852. The monoisotopic (exact) mass is 282 g/mol. The SMILES string of the molecule is NC(=S)c1ccncc1-n1cc(Br)cn1. The molecule has 2 aromatic rings. The number of nitrogens with two attached hydrogens (primary N) is 1. The molecule has 0 aliphatic heterocycles. The first kappa shape index (κ1) is 10.3. The number of aromatic nitrogens is 3. The van der Waals surface area contributed by atoms with E-state index in [1.54, 1.807) is 29.3 Å². The molecule has 0 spiro atoms. The molecule has 2 N–H and O–H groups in total. The summed E-state index contributed by atoms with van der Waals surface area (Å²) in [6.07, 6.45) is 6.83. The standard InChI is InChI=1S/C9H7BrN4S/c10-6-3-13-14(5-6)8-4-12-2-1-7(8)9(11)15/h1-5H,(H2,11,15). The summed E-state index contributed by atoms with van der Waals surface area (Å²) in [6, 6.07) is 1.77. The van der Waals surface area contributed by atoms with Crippen LogP contribution in [0.25, 0.3) is 5.69 Å². The molecule has 0 aliphatic rings. The van der Waals surface area contributed by atoms with Crippen LogP contribution < -0.4 is 5.73 Å². The lowest BCUT2D eigenvalue weighted by atomic mass is 10.2. The minimum Gasteiger partial charge on any atom is -0.389 e. The van der Waals surface area contributed by atoms with Crippen molar-refractivity contribution in [3.63, 3.8) is 0 Å². The van der Waals surface area contributed by atoms with Gasteiger partial charge in [-0.1, -0.05) is 12.2 Å². The lowest BCUT2D eigenvalue weighted by Gasteiger charge is -2.06. The average molecular weight is 283 g/mol. The number of hydrogen-bond donors (Lipinski definition) is 1. The maximum Gasteiger partial charge on any atom is 0.106 e. The Balaban J connectivity index is 2.57. The Morgan fingerprint density at radius 3 is 2.87 bits per heavy atom. The minimum atomic E-state index is 0.332. The van der Waals surface area contributed by atoms with E-state index in [-0.39, 0.29) is 0 Å². The molecule has 6 heteroatoms. The van der Waals surface area contributed by atoms with Crippen LogP contribution in [0.5, 0.6) is 0 Å². The predicted octanol–water partition coefficient (Wildman–Crippen LogP) is 1.66. The van der Waals surface area contributed by atoms with E-state index in [4.69, 9.17) is 18.0 Å². The highest BCUT2D eigenvalue weighted by Gasteiger charge is 2.07. The van der Waals surface area contributed by atoms with Crippen LogP contribution in [-0.4, -0.2) is 19.8 Å². The van der Waals surface area contributed by atoms with E-state index >= 15 is 0 Å². The molecule has 0 fully saturated rings. The van der Waals surface area contributed by atoms with E-state index in [1.807, 2.05) is 6.20 Å². The average Bonchev–Trinajstić information content (AvgIpc) is 2.65. The van der Waals surface area contributed by atoms with E-state index in [1.165, 1.54) is 0 Å². The third-order valence-corrected chi connectivity index (χ3v) is 2.49. The van der Waals surface area contributed by atoms with Crippen LogP contribution in [-0.2, 0) is 0 Å². The van der Waals surface area contributed by atoms with Crippen molar-refractivity contribution in [2.24, 2.45) is 5.73 Å². The first-order valence-corrected chi connectivity index (χ1v) is 5.33. The van der Waals surface area contributed by atoms with Gasteiger partial charge in [-0.3, -0.25) is 4.98 Å². The zero-order chi connectivity index (χ0) is 10.8. The van der Waals surface area contributed by atoms with Gasteiger partial charge < -0.3 is 5.73 Å². The second-order valence-electron chi connectivity index (χ2n) is 2.86. The molecular weight excluding hydrogens is 276 g/mol. The fourth-order valence-corrected chi connectivity index (χ4v) is 1.67. The van der Waals surface area contributed by atoms with E-state index in [0.717, 1.165) is 15.7 Å². The van der Waals surface area contributed by atoms with Crippen molar-refractivity contribution >= 4 is 33.1 Å². The number of pyridine rings is 1. The summed E-state index contributed by atoms with van der Waals surface area (Å²) in [6.45, 7) is 0. The van der Waals surface area contributed by atoms with Crippen LogP contribution in [0.4, 0.5) is 0 Å². The molecule has 15 heavy (non-hydrogen) atoms. The smallest absolute Gasteiger partial charge is 0.106 e. The Labute approximate surface area is 100 Å². The van der Waals surface area contributed by atoms with Gasteiger partial charge in [0.05, 0.1) is 22.6 Å². The molecule has 2 heterocycles. The molecule has 0 aliphatic carbocycles. The maximum absolute atomic E-state index is 5.61. The molecule has 2 aromatic heterocycles. The minimum absolute atomic E-state index is 0.332. The van der Waals surface area contributed by atoms with Crippen molar-refractivity contribution < 1.29 is 0 Å². The normalized spacial score (nSPS) is 10.2. The summed E-state index contributed by atoms with van der Waals surface area (Å²) in [5.74, 6) is 0. The molecule has 0 radical (unpaired) electrons. The molecule has 76 valence electrons. The van der Waals surface area contributed by atoms with Crippen molar-refractivity contribution in [1.29, 1.82) is 0 Å². The van der Waals surface area contributed by atoms with Gasteiger partial charge in [-0.05, 0) is 22.0 Å². The molecule has 0 amide bonds. The lowest BCUT2D eigenvalue weighted by molar-refractivity contribution is 0.871. The van der Waals surface area contributed by atoms with Crippen molar-refractivity contribution in [2.45, 2.75) is 0 Å². The molecular formula is C9H7BrN4S. The summed E-state index contributed by atoms with van der Waals surface area (Å²) in [5.41, 5.74) is 7.14. The Kier molecular flexibility index (Phi) is 2.79. The fourth-order valence-electron chi connectivity index (χ4n) is 1.21. The van der Waals surface area contributed by atoms with Crippen LogP contribution in [0.1, 0.15) is 5.56 Å². The Morgan fingerprint density at radius 1 is 1.47 bits per heavy atom. The van der Waals surface area contributed by atoms with Crippen molar-refractivity contribution in [2.75, 3.05) is 0 Å². The van der Waals surface area contributed by atoms with Crippen molar-refractivity contribution in [3.05, 3.63) is 40.9 Å². The van der Waals surface area contributed by atoms with Gasteiger partial charge in [0.15, 0.2) is 0 Å². The highest BCUT2D eigenvalue weighted by atomic mass is 79.9. The number of rotatable bonds is 2. The fraction of sp³-hybridized carbons (Fsp3) is 0. The summed E-state index contributed by atoms with van der Waals surface area (Å²) in [4.78, 5) is 4.35. The number of thiocarbonyl (C=S) groups is 1. The van der Waals surface area contributed by atoms with Crippen LogP contribution >= 0.6 is 28.1 Å². The molecule has 0 bridgehead atoms. The molecule has 0 aromatic carbocycles. The second-order valence-corrected chi connectivity index (χ2v) is 4.22. The first-order valence-electron chi connectivity index (χ1n) is 4.13. The summed E-state index contributed by atoms with van der Waals surface area (Å²) < 4.78 is 2.56. The van der Waals surface area contributed by atoms with Gasteiger partial charge in [-0.15, -0.1) is 0 Å². The molecule has 0 atom stereocenters. The zero-order valence-electron chi connectivity index (χ0n) is 7.59. The molecule has 0 saturated heterocycles.